The zero-order chi connectivity index (χ0) is 24.0. The Hall–Kier alpha value is -3.77. The van der Waals surface area contributed by atoms with E-state index in [1.54, 1.807) is 0 Å². The van der Waals surface area contributed by atoms with Crippen molar-refractivity contribution in [2.45, 2.75) is 31.1 Å². The summed E-state index contributed by atoms with van der Waals surface area (Å²) in [6.07, 6.45) is -4.79. The van der Waals surface area contributed by atoms with Crippen molar-refractivity contribution in [3.8, 4) is 11.4 Å². The van der Waals surface area contributed by atoms with Crippen LogP contribution in [0.15, 0.2) is 36.8 Å². The fraction of sp³-hybridized carbons (Fsp3) is 0.250. The number of aromatic nitrogens is 5. The maximum Gasteiger partial charge on any atom is 0.433 e. The van der Waals surface area contributed by atoms with E-state index in [0.717, 1.165) is 48.4 Å². The summed E-state index contributed by atoms with van der Waals surface area (Å²) in [6.45, 7) is 0. The van der Waals surface area contributed by atoms with Crippen LogP contribution in [0.5, 0.6) is 0 Å². The Kier molecular flexibility index (Phi) is 5.42. The normalized spacial score (nSPS) is 15.0. The number of carbonyl (C=O) groups excluding carboxylic acids is 1. The minimum atomic E-state index is -4.66. The molecule has 0 saturated heterocycles. The van der Waals surface area contributed by atoms with Gasteiger partial charge >= 0.3 is 12.4 Å². The quantitative estimate of drug-likeness (QED) is 0.448. The van der Waals surface area contributed by atoms with Gasteiger partial charge in [-0.3, -0.25) is 9.78 Å². The number of hydrogen-bond acceptors (Lipinski definition) is 5. The second-order valence-corrected chi connectivity index (χ2v) is 7.32. The van der Waals surface area contributed by atoms with E-state index in [9.17, 15) is 31.1 Å². The van der Waals surface area contributed by atoms with Gasteiger partial charge in [-0.25, -0.2) is 14.6 Å². The summed E-state index contributed by atoms with van der Waals surface area (Å²) in [5, 5.41) is 4.05. The van der Waals surface area contributed by atoms with Crippen LogP contribution in [0, 0.1) is 0 Å². The van der Waals surface area contributed by atoms with Gasteiger partial charge in [-0.15, -0.1) is 5.10 Å². The van der Waals surface area contributed by atoms with Crippen LogP contribution in [0.25, 0.3) is 23.2 Å². The van der Waals surface area contributed by atoms with Crippen LogP contribution in [0.1, 0.15) is 41.4 Å². The lowest BCUT2D eigenvalue weighted by Gasteiger charge is -2.09. The molecule has 1 amide bonds. The number of amides is 1. The molecule has 1 fully saturated rings. The van der Waals surface area contributed by atoms with Gasteiger partial charge in [0, 0.05) is 35.1 Å². The number of rotatable bonds is 5. The van der Waals surface area contributed by atoms with Gasteiger partial charge in [0.15, 0.2) is 5.82 Å². The monoisotopic (exact) mass is 468 g/mol. The zero-order valence-corrected chi connectivity index (χ0v) is 16.5. The van der Waals surface area contributed by atoms with E-state index >= 15 is 0 Å². The van der Waals surface area contributed by atoms with Gasteiger partial charge in [-0.05, 0) is 31.0 Å². The van der Waals surface area contributed by atoms with Crippen molar-refractivity contribution in [1.29, 1.82) is 0 Å². The molecule has 0 radical (unpaired) electrons. The molecule has 3 heterocycles. The van der Waals surface area contributed by atoms with Crippen molar-refractivity contribution in [3.05, 3.63) is 59.4 Å². The van der Waals surface area contributed by atoms with Crippen LogP contribution in [0.4, 0.5) is 26.3 Å². The summed E-state index contributed by atoms with van der Waals surface area (Å²) in [5.41, 5.74) is 3.26. The molecule has 0 aliphatic heterocycles. The van der Waals surface area contributed by atoms with Crippen LogP contribution >= 0.6 is 0 Å². The van der Waals surface area contributed by atoms with Crippen LogP contribution in [0.3, 0.4) is 0 Å². The number of hydrogen-bond donors (Lipinski definition) is 1. The molecule has 172 valence electrons. The van der Waals surface area contributed by atoms with Crippen molar-refractivity contribution in [3.63, 3.8) is 0 Å². The Labute approximate surface area is 182 Å². The van der Waals surface area contributed by atoms with E-state index in [2.05, 4.69) is 20.1 Å². The molecule has 3 aromatic heterocycles. The third kappa shape index (κ3) is 5.02. The molecule has 4 rings (SSSR count). The van der Waals surface area contributed by atoms with Gasteiger partial charge in [0.25, 0.3) is 5.91 Å². The average Bonchev–Trinajstić information content (AvgIpc) is 3.48. The number of nitrogens with two attached hydrogens (primary N) is 1. The molecule has 33 heavy (non-hydrogen) atoms. The molecule has 0 atom stereocenters. The van der Waals surface area contributed by atoms with E-state index in [1.165, 1.54) is 6.07 Å². The largest absolute Gasteiger partial charge is 0.433 e. The molecule has 2 N–H and O–H groups in total. The number of alkyl halides is 6. The molecule has 0 unspecified atom stereocenters. The summed E-state index contributed by atoms with van der Waals surface area (Å²) in [7, 11) is 0. The molecular formula is C20H14F6N6O. The van der Waals surface area contributed by atoms with E-state index in [0.29, 0.717) is 11.8 Å². The molecule has 1 aliphatic carbocycles. The Balaban J connectivity index is 1.68. The summed E-state index contributed by atoms with van der Waals surface area (Å²) in [4.78, 5) is 22.8. The molecule has 0 bridgehead atoms. The highest BCUT2D eigenvalue weighted by atomic mass is 19.4. The van der Waals surface area contributed by atoms with Crippen molar-refractivity contribution in [1.82, 2.24) is 24.7 Å². The van der Waals surface area contributed by atoms with E-state index in [1.807, 2.05) is 0 Å². The Morgan fingerprint density at radius 3 is 2.27 bits per heavy atom. The first kappa shape index (κ1) is 22.4. The van der Waals surface area contributed by atoms with Gasteiger partial charge < -0.3 is 5.73 Å². The van der Waals surface area contributed by atoms with E-state index in [-0.39, 0.29) is 28.4 Å². The van der Waals surface area contributed by atoms with Gasteiger partial charge in [0.05, 0.1) is 5.57 Å². The summed E-state index contributed by atoms with van der Waals surface area (Å²) in [6, 6.07) is 4.01. The molecular weight excluding hydrogens is 454 g/mol. The fourth-order valence-electron chi connectivity index (χ4n) is 3.02. The van der Waals surface area contributed by atoms with Crippen molar-refractivity contribution in [2.75, 3.05) is 0 Å². The predicted molar refractivity (Wildman–Crippen MR) is 103 cm³/mol. The van der Waals surface area contributed by atoms with Crippen LogP contribution in [0.2, 0.25) is 0 Å². The smallest absolute Gasteiger partial charge is 0.366 e. The lowest BCUT2D eigenvalue weighted by molar-refractivity contribution is -0.142. The Morgan fingerprint density at radius 1 is 1.03 bits per heavy atom. The maximum atomic E-state index is 13.3. The average molecular weight is 468 g/mol. The van der Waals surface area contributed by atoms with Gasteiger partial charge in [-0.1, -0.05) is 6.07 Å². The Morgan fingerprint density at radius 2 is 1.73 bits per heavy atom. The fourth-order valence-corrected chi connectivity index (χ4v) is 3.02. The highest BCUT2D eigenvalue weighted by Crippen LogP contribution is 2.41. The standard InChI is InChI=1S/C20H14F6N6O/c21-19(22,23)15-4-3-11(7-28-15)13(17(27)33)8-32-9-29-18(31-32)12-5-14(10-1-2-10)30-16(6-12)20(24,25)26/h3-10H,1-2H2,(H2,27,33)/b13-8+. The first-order valence-electron chi connectivity index (χ1n) is 9.48. The molecule has 0 spiro atoms. The van der Waals surface area contributed by atoms with Crippen LogP contribution in [-0.2, 0) is 17.1 Å². The minimum Gasteiger partial charge on any atom is -0.366 e. The number of carbonyl (C=O) groups is 1. The minimum absolute atomic E-state index is 0.00756. The summed E-state index contributed by atoms with van der Waals surface area (Å²) in [5.74, 6) is -1.09. The van der Waals surface area contributed by atoms with Gasteiger partial charge in [-0.2, -0.15) is 26.3 Å². The molecule has 13 heteroatoms. The third-order valence-electron chi connectivity index (χ3n) is 4.79. The number of halogens is 6. The lowest BCUT2D eigenvalue weighted by Crippen LogP contribution is -2.15. The third-order valence-corrected chi connectivity index (χ3v) is 4.79. The maximum absolute atomic E-state index is 13.3. The van der Waals surface area contributed by atoms with E-state index in [4.69, 9.17) is 5.73 Å². The van der Waals surface area contributed by atoms with Crippen molar-refractivity contribution < 1.29 is 31.1 Å². The molecule has 3 aromatic rings. The molecule has 1 saturated carbocycles. The topological polar surface area (TPSA) is 99.6 Å². The molecule has 0 aromatic carbocycles. The highest BCUT2D eigenvalue weighted by molar-refractivity contribution is 6.22. The first-order chi connectivity index (χ1) is 15.4. The summed E-state index contributed by atoms with van der Waals surface area (Å²) >= 11 is 0. The number of primary amides is 1. The SMILES string of the molecule is NC(=O)/C(=C/n1cnc(-c2cc(C3CC3)nc(C(F)(F)F)c2)n1)c1ccc(C(F)(F)F)nc1. The predicted octanol–water partition coefficient (Wildman–Crippen LogP) is 4.13. The van der Waals surface area contributed by atoms with Crippen molar-refractivity contribution >= 4 is 17.7 Å². The van der Waals surface area contributed by atoms with Crippen molar-refractivity contribution in [2.24, 2.45) is 5.73 Å². The zero-order valence-electron chi connectivity index (χ0n) is 16.5. The molecule has 1 aliphatic rings. The van der Waals surface area contributed by atoms with Gasteiger partial charge in [0.2, 0.25) is 0 Å². The second-order valence-electron chi connectivity index (χ2n) is 7.32. The number of pyridine rings is 2. The lowest BCUT2D eigenvalue weighted by atomic mass is 10.1. The summed E-state index contributed by atoms with van der Waals surface area (Å²) < 4.78 is 78.9. The first-order valence-corrected chi connectivity index (χ1v) is 9.48. The highest BCUT2D eigenvalue weighted by Gasteiger charge is 2.36. The Bertz CT molecular complexity index is 1230. The van der Waals surface area contributed by atoms with Crippen LogP contribution < -0.4 is 5.73 Å². The van der Waals surface area contributed by atoms with Gasteiger partial charge in [0.1, 0.15) is 17.7 Å². The second kappa shape index (κ2) is 7.98. The molecule has 7 nitrogen and oxygen atoms in total. The van der Waals surface area contributed by atoms with E-state index < -0.39 is 29.6 Å². The van der Waals surface area contributed by atoms with Crippen LogP contribution in [-0.4, -0.2) is 30.6 Å². The number of nitrogens with zero attached hydrogens (tertiary/aromatic N) is 5.